The molecule has 2 atom stereocenters. The lowest BCUT2D eigenvalue weighted by Gasteiger charge is -2.05. The molecule has 0 aliphatic carbocycles. The molecule has 1 saturated heterocycles. The first-order valence-corrected chi connectivity index (χ1v) is 10.8. The van der Waals surface area contributed by atoms with E-state index in [4.69, 9.17) is 4.74 Å². The van der Waals surface area contributed by atoms with Gasteiger partial charge in [0, 0.05) is 0 Å². The lowest BCUT2D eigenvalue weighted by atomic mass is 10.0. The fourth-order valence-corrected chi connectivity index (χ4v) is 3.62. The zero-order valence-corrected chi connectivity index (χ0v) is 16.8. The van der Waals surface area contributed by atoms with Gasteiger partial charge in [-0.05, 0) is 30.9 Å². The maximum Gasteiger partial charge on any atom is 0.325 e. The van der Waals surface area contributed by atoms with E-state index in [0.717, 1.165) is 6.42 Å². The minimum absolute atomic E-state index is 0.127. The van der Waals surface area contributed by atoms with Crippen LogP contribution >= 0.6 is 0 Å². The van der Waals surface area contributed by atoms with Crippen LogP contribution in [-0.4, -0.2) is 18.6 Å². The minimum atomic E-state index is -0.150. The average Bonchev–Trinajstić information content (AvgIpc) is 3.45. The first-order chi connectivity index (χ1) is 12.8. The van der Waals surface area contributed by atoms with Crippen molar-refractivity contribution in [2.24, 2.45) is 0 Å². The quantitative estimate of drug-likeness (QED) is 0.262. The van der Waals surface area contributed by atoms with Crippen molar-refractivity contribution < 1.29 is 9.53 Å². The fraction of sp³-hybridized carbons (Fsp3) is 0.696. The van der Waals surface area contributed by atoms with Crippen molar-refractivity contribution in [3.63, 3.8) is 0 Å². The van der Waals surface area contributed by atoms with Crippen molar-refractivity contribution in [3.8, 4) is 0 Å². The van der Waals surface area contributed by atoms with Gasteiger partial charge in [0.2, 0.25) is 0 Å². The van der Waals surface area contributed by atoms with Crippen LogP contribution in [0.4, 0.5) is 0 Å². The predicted octanol–water partition coefficient (Wildman–Crippen LogP) is 5.73. The Balaban J connectivity index is 1.57. The number of carbonyl (C=O) groups excluding carboxylic acids is 1. The van der Waals surface area contributed by atoms with Gasteiger partial charge in [-0.2, -0.15) is 0 Å². The Morgan fingerprint density at radius 1 is 0.962 bits per heavy atom. The molecule has 0 saturated carbocycles. The summed E-state index contributed by atoms with van der Waals surface area (Å²) in [6, 6.07) is 8.68. The normalized spacial score (nSPS) is 18.7. The van der Waals surface area contributed by atoms with Gasteiger partial charge in [0.15, 0.2) is 0 Å². The Morgan fingerprint density at radius 3 is 2.27 bits per heavy atom. The van der Waals surface area contributed by atoms with Gasteiger partial charge in [-0.3, -0.25) is 10.1 Å². The third-order valence-electron chi connectivity index (χ3n) is 5.25. The highest BCUT2D eigenvalue weighted by Gasteiger charge is 2.44. The highest BCUT2D eigenvalue weighted by Crippen LogP contribution is 2.31. The maximum atomic E-state index is 11.8. The van der Waals surface area contributed by atoms with Gasteiger partial charge in [0.25, 0.3) is 0 Å². The van der Waals surface area contributed by atoms with E-state index in [1.807, 2.05) is 6.92 Å². The minimum Gasteiger partial charge on any atom is -0.465 e. The number of rotatable bonds is 14. The first-order valence-electron chi connectivity index (χ1n) is 10.8. The second-order valence-corrected chi connectivity index (χ2v) is 7.55. The number of nitrogens with one attached hydrogen (secondary N) is 1. The maximum absolute atomic E-state index is 11.8. The molecule has 2 rings (SSSR count). The molecule has 1 aromatic rings. The second-order valence-electron chi connectivity index (χ2n) is 7.55. The Kier molecular flexibility index (Phi) is 9.76. The van der Waals surface area contributed by atoms with Crippen LogP contribution in [0, 0.1) is 0 Å². The third kappa shape index (κ3) is 7.49. The van der Waals surface area contributed by atoms with Gasteiger partial charge < -0.3 is 4.74 Å². The van der Waals surface area contributed by atoms with Gasteiger partial charge >= 0.3 is 5.97 Å². The van der Waals surface area contributed by atoms with E-state index >= 15 is 0 Å². The zero-order chi connectivity index (χ0) is 18.6. The number of unbranched alkanes of at least 4 members (excludes halogenated alkanes) is 9. The standard InChI is InChI=1S/C23H37NO2/c1-3-5-6-7-8-9-10-11-12-13-15-19-16-14-17-20(18-19)21-22(24-21)23(25)26-4-2/h14,16-18,21-22,24H,3-13,15H2,1-2H3/t21-,22-/m1/s1. The summed E-state index contributed by atoms with van der Waals surface area (Å²) in [6.07, 6.45) is 14.9. The molecule has 0 unspecified atom stereocenters. The Bertz CT molecular complexity index is 529. The smallest absolute Gasteiger partial charge is 0.325 e. The van der Waals surface area contributed by atoms with Crippen LogP contribution < -0.4 is 5.32 Å². The fourth-order valence-electron chi connectivity index (χ4n) is 3.62. The lowest BCUT2D eigenvalue weighted by Crippen LogP contribution is -2.13. The zero-order valence-electron chi connectivity index (χ0n) is 16.8. The molecule has 1 heterocycles. The van der Waals surface area contributed by atoms with Crippen molar-refractivity contribution >= 4 is 5.97 Å². The number of benzene rings is 1. The van der Waals surface area contributed by atoms with Crippen LogP contribution in [-0.2, 0) is 16.0 Å². The van der Waals surface area contributed by atoms with Crippen molar-refractivity contribution in [1.29, 1.82) is 0 Å². The highest BCUT2D eigenvalue weighted by atomic mass is 16.5. The second kappa shape index (κ2) is 12.1. The summed E-state index contributed by atoms with van der Waals surface area (Å²) < 4.78 is 5.09. The van der Waals surface area contributed by atoms with Gasteiger partial charge in [-0.1, -0.05) is 89.0 Å². The van der Waals surface area contributed by atoms with E-state index in [0.29, 0.717) is 6.61 Å². The number of hydrogen-bond donors (Lipinski definition) is 1. The predicted molar refractivity (Wildman–Crippen MR) is 108 cm³/mol. The number of hydrogen-bond acceptors (Lipinski definition) is 3. The van der Waals surface area contributed by atoms with E-state index < -0.39 is 0 Å². The monoisotopic (exact) mass is 359 g/mol. The average molecular weight is 360 g/mol. The van der Waals surface area contributed by atoms with Crippen molar-refractivity contribution in [2.45, 2.75) is 96.6 Å². The van der Waals surface area contributed by atoms with Crippen LogP contribution in [0.3, 0.4) is 0 Å². The molecule has 0 bridgehead atoms. The SMILES string of the molecule is CCCCCCCCCCCCc1cccc([C@H]2N[C@H]2C(=O)OCC)c1. The lowest BCUT2D eigenvalue weighted by molar-refractivity contribution is -0.142. The third-order valence-corrected chi connectivity index (χ3v) is 5.25. The summed E-state index contributed by atoms with van der Waals surface area (Å²) in [7, 11) is 0. The van der Waals surface area contributed by atoms with Crippen LogP contribution in [0.5, 0.6) is 0 Å². The van der Waals surface area contributed by atoms with Gasteiger partial charge in [-0.25, -0.2) is 0 Å². The van der Waals surface area contributed by atoms with E-state index in [1.165, 1.54) is 75.3 Å². The molecule has 1 N–H and O–H groups in total. The number of carbonyl (C=O) groups is 1. The summed E-state index contributed by atoms with van der Waals surface area (Å²) in [5.41, 5.74) is 2.60. The Hall–Kier alpha value is -1.35. The van der Waals surface area contributed by atoms with Crippen LogP contribution in [0.25, 0.3) is 0 Å². The van der Waals surface area contributed by atoms with Crippen molar-refractivity contribution in [2.75, 3.05) is 6.61 Å². The van der Waals surface area contributed by atoms with Gasteiger partial charge in [-0.15, -0.1) is 0 Å². The number of ether oxygens (including phenoxy) is 1. The topological polar surface area (TPSA) is 48.2 Å². The Labute approximate surface area is 159 Å². The van der Waals surface area contributed by atoms with Gasteiger partial charge in [0.1, 0.15) is 6.04 Å². The molecule has 0 aromatic heterocycles. The molecule has 0 spiro atoms. The molecule has 1 aliphatic rings. The summed E-state index contributed by atoms with van der Waals surface area (Å²) >= 11 is 0. The van der Waals surface area contributed by atoms with Crippen LogP contribution in [0.15, 0.2) is 24.3 Å². The van der Waals surface area contributed by atoms with E-state index in [1.54, 1.807) is 0 Å². The molecule has 0 radical (unpaired) electrons. The number of aryl methyl sites for hydroxylation is 1. The van der Waals surface area contributed by atoms with Crippen LogP contribution in [0.1, 0.15) is 95.2 Å². The largest absolute Gasteiger partial charge is 0.465 e. The molecular formula is C23H37NO2. The molecule has 0 amide bonds. The van der Waals surface area contributed by atoms with E-state index in [2.05, 4.69) is 36.5 Å². The molecule has 1 fully saturated rings. The summed E-state index contributed by atoms with van der Waals surface area (Å²) in [4.78, 5) is 11.8. The van der Waals surface area contributed by atoms with Crippen molar-refractivity contribution in [3.05, 3.63) is 35.4 Å². The summed E-state index contributed by atoms with van der Waals surface area (Å²) in [5, 5.41) is 3.23. The molecule has 1 aromatic carbocycles. The molecular weight excluding hydrogens is 322 g/mol. The molecule has 26 heavy (non-hydrogen) atoms. The number of esters is 1. The van der Waals surface area contributed by atoms with E-state index in [-0.39, 0.29) is 18.1 Å². The molecule has 3 heteroatoms. The molecule has 146 valence electrons. The molecule has 3 nitrogen and oxygen atoms in total. The summed E-state index contributed by atoms with van der Waals surface area (Å²) in [6.45, 7) is 4.57. The van der Waals surface area contributed by atoms with Crippen LogP contribution in [0.2, 0.25) is 0 Å². The Morgan fingerprint density at radius 2 is 1.62 bits per heavy atom. The van der Waals surface area contributed by atoms with Gasteiger partial charge in [0.05, 0.1) is 12.6 Å². The van der Waals surface area contributed by atoms with E-state index in [9.17, 15) is 4.79 Å². The van der Waals surface area contributed by atoms with Crippen molar-refractivity contribution in [1.82, 2.24) is 5.32 Å². The molecule has 1 aliphatic heterocycles. The highest BCUT2D eigenvalue weighted by molar-refractivity contribution is 5.80. The summed E-state index contributed by atoms with van der Waals surface area (Å²) in [5.74, 6) is -0.127. The first kappa shape index (κ1) is 21.0.